The predicted molar refractivity (Wildman–Crippen MR) is 97.4 cm³/mol. The normalized spacial score (nSPS) is 21.4. The lowest BCUT2D eigenvalue weighted by Gasteiger charge is -2.37. The van der Waals surface area contributed by atoms with Crippen molar-refractivity contribution in [3.8, 4) is 0 Å². The van der Waals surface area contributed by atoms with E-state index in [9.17, 15) is 0 Å². The molecule has 0 heterocycles. The molecule has 0 aromatic heterocycles. The number of hydrogen-bond acceptors (Lipinski definition) is 1. The van der Waals surface area contributed by atoms with E-state index in [1.165, 1.54) is 37.7 Å². The Hall–Kier alpha value is -0.550. The molecule has 1 aliphatic rings. The average molecular weight is 442 g/mol. The zero-order valence-corrected chi connectivity index (χ0v) is 15.1. The number of halogens is 2. The number of nitrogens with one attached hydrogen (secondary N) is 1. The minimum Gasteiger partial charge on any atom is -0.382 e. The number of rotatable bonds is 3. The first-order valence-electron chi connectivity index (χ1n) is 6.90. The summed E-state index contributed by atoms with van der Waals surface area (Å²) in [5.74, 6) is 0.688. The fourth-order valence-corrected chi connectivity index (χ4v) is 3.84. The third kappa shape index (κ3) is 3.03. The minimum absolute atomic E-state index is 0.602. The van der Waals surface area contributed by atoms with Gasteiger partial charge in [0.15, 0.2) is 0 Å². The summed E-state index contributed by atoms with van der Waals surface area (Å²) in [6, 6.07) is 15.8. The highest BCUT2D eigenvalue weighted by atomic mass is 127. The van der Waals surface area contributed by atoms with Crippen LogP contribution in [0.15, 0.2) is 46.9 Å². The van der Waals surface area contributed by atoms with Crippen molar-refractivity contribution in [2.24, 2.45) is 0 Å². The van der Waals surface area contributed by atoms with E-state index in [2.05, 4.69) is 93.2 Å². The Morgan fingerprint density at radius 1 is 1.15 bits per heavy atom. The van der Waals surface area contributed by atoms with Crippen LogP contribution in [-0.2, 0) is 0 Å². The van der Waals surface area contributed by atoms with Gasteiger partial charge in [-0.3, -0.25) is 0 Å². The molecule has 1 aliphatic carbocycles. The molecule has 20 heavy (non-hydrogen) atoms. The highest BCUT2D eigenvalue weighted by Gasteiger charge is 2.31. The molecule has 1 N–H and O–H groups in total. The average Bonchev–Trinajstić information content (AvgIpc) is 2.39. The van der Waals surface area contributed by atoms with Crippen LogP contribution in [0.25, 0.3) is 0 Å². The van der Waals surface area contributed by atoms with Crippen molar-refractivity contribution < 1.29 is 0 Å². The molecular weight excluding hydrogens is 425 g/mol. The Morgan fingerprint density at radius 3 is 2.60 bits per heavy atom. The Morgan fingerprint density at radius 2 is 1.90 bits per heavy atom. The number of aryl methyl sites for hydroxylation is 1. The van der Waals surface area contributed by atoms with Crippen LogP contribution in [0.3, 0.4) is 0 Å². The molecule has 1 fully saturated rings. The molecule has 1 saturated carbocycles. The van der Waals surface area contributed by atoms with Gasteiger partial charge in [-0.1, -0.05) is 40.2 Å². The van der Waals surface area contributed by atoms with Crippen LogP contribution < -0.4 is 5.32 Å². The van der Waals surface area contributed by atoms with Gasteiger partial charge in [-0.15, -0.1) is 0 Å². The van der Waals surface area contributed by atoms with Crippen LogP contribution in [0.5, 0.6) is 0 Å². The lowest BCUT2D eigenvalue weighted by atomic mass is 9.76. The van der Waals surface area contributed by atoms with Crippen LogP contribution in [0, 0.1) is 10.5 Å². The molecule has 0 spiro atoms. The summed E-state index contributed by atoms with van der Waals surface area (Å²) in [7, 11) is 0. The van der Waals surface area contributed by atoms with Crippen molar-refractivity contribution >= 4 is 44.2 Å². The van der Waals surface area contributed by atoms with Crippen molar-refractivity contribution in [2.75, 3.05) is 5.32 Å². The van der Waals surface area contributed by atoms with Crippen molar-refractivity contribution in [1.82, 2.24) is 0 Å². The largest absolute Gasteiger partial charge is 0.382 e. The quantitative estimate of drug-likeness (QED) is 0.600. The van der Waals surface area contributed by atoms with E-state index in [1.54, 1.807) is 0 Å². The molecule has 1 nitrogen and oxygen atoms in total. The first-order chi connectivity index (χ1) is 9.63. The van der Waals surface area contributed by atoms with Gasteiger partial charge in [0.2, 0.25) is 0 Å². The van der Waals surface area contributed by atoms with Gasteiger partial charge in [0.05, 0.1) is 0 Å². The van der Waals surface area contributed by atoms with Crippen LogP contribution in [-0.4, -0.2) is 6.04 Å². The second kappa shape index (κ2) is 6.06. The molecule has 3 heteroatoms. The van der Waals surface area contributed by atoms with E-state index in [4.69, 9.17) is 0 Å². The zero-order chi connectivity index (χ0) is 14.1. The van der Waals surface area contributed by atoms with E-state index in [1.807, 2.05) is 0 Å². The lowest BCUT2D eigenvalue weighted by Crippen LogP contribution is -2.34. The second-order valence-corrected chi connectivity index (χ2v) is 7.51. The van der Waals surface area contributed by atoms with Gasteiger partial charge in [0.1, 0.15) is 0 Å². The molecule has 2 aromatic carbocycles. The Bertz CT molecular complexity index is 620. The van der Waals surface area contributed by atoms with Crippen molar-refractivity contribution in [3.63, 3.8) is 0 Å². The van der Waals surface area contributed by atoms with Gasteiger partial charge in [-0.05, 0) is 77.6 Å². The summed E-state index contributed by atoms with van der Waals surface area (Å²) in [4.78, 5) is 0. The summed E-state index contributed by atoms with van der Waals surface area (Å²) >= 11 is 6.05. The highest BCUT2D eigenvalue weighted by Crippen LogP contribution is 2.41. The van der Waals surface area contributed by atoms with Gasteiger partial charge >= 0.3 is 0 Å². The van der Waals surface area contributed by atoms with Gasteiger partial charge in [-0.2, -0.15) is 0 Å². The molecule has 0 unspecified atom stereocenters. The third-order valence-electron chi connectivity index (χ3n) is 4.03. The molecule has 0 saturated heterocycles. The molecule has 104 valence electrons. The fraction of sp³-hybridized carbons (Fsp3) is 0.294. The van der Waals surface area contributed by atoms with Crippen LogP contribution in [0.2, 0.25) is 0 Å². The van der Waals surface area contributed by atoms with Gasteiger partial charge < -0.3 is 5.32 Å². The second-order valence-electron chi connectivity index (χ2n) is 5.50. The van der Waals surface area contributed by atoms with Gasteiger partial charge in [0, 0.05) is 19.8 Å². The summed E-state index contributed by atoms with van der Waals surface area (Å²) in [5.41, 5.74) is 4.04. The lowest BCUT2D eigenvalue weighted by molar-refractivity contribution is 0.373. The van der Waals surface area contributed by atoms with E-state index < -0.39 is 0 Å². The number of anilines is 1. The Kier molecular flexibility index (Phi) is 4.36. The molecule has 0 bridgehead atoms. The number of benzene rings is 2. The van der Waals surface area contributed by atoms with Crippen LogP contribution in [0.1, 0.15) is 29.9 Å². The molecule has 0 amide bonds. The SMILES string of the molecule is Cc1ccc(NC2CC(c3ccccc3Br)C2)cc1I. The molecular formula is C17H17BrIN. The van der Waals surface area contributed by atoms with Gasteiger partial charge in [-0.25, -0.2) is 0 Å². The Labute approximate surface area is 142 Å². The molecule has 0 atom stereocenters. The third-order valence-corrected chi connectivity index (χ3v) is 5.91. The fourth-order valence-electron chi connectivity index (χ4n) is 2.71. The smallest absolute Gasteiger partial charge is 0.0353 e. The maximum Gasteiger partial charge on any atom is 0.0353 e. The monoisotopic (exact) mass is 441 g/mol. The number of hydrogen-bond donors (Lipinski definition) is 1. The van der Waals surface area contributed by atoms with Crippen molar-refractivity contribution in [3.05, 3.63) is 61.6 Å². The molecule has 0 aliphatic heterocycles. The first kappa shape index (κ1) is 14.4. The molecule has 0 radical (unpaired) electrons. The van der Waals surface area contributed by atoms with Crippen LogP contribution >= 0.6 is 38.5 Å². The van der Waals surface area contributed by atoms with Crippen molar-refractivity contribution in [2.45, 2.75) is 31.7 Å². The Balaban J connectivity index is 1.61. The maximum atomic E-state index is 3.65. The predicted octanol–water partition coefficient (Wildman–Crippen LogP) is 5.72. The standard InChI is InChI=1S/C17H17BrIN/c1-11-6-7-13(10-17(11)19)20-14-8-12(9-14)15-4-2-3-5-16(15)18/h2-7,10,12,14,20H,8-9H2,1H3. The topological polar surface area (TPSA) is 12.0 Å². The minimum atomic E-state index is 0.602. The van der Waals surface area contributed by atoms with Gasteiger partial charge in [0.25, 0.3) is 0 Å². The van der Waals surface area contributed by atoms with E-state index in [0.717, 1.165) is 0 Å². The maximum absolute atomic E-state index is 3.65. The first-order valence-corrected chi connectivity index (χ1v) is 8.78. The molecule has 3 rings (SSSR count). The summed E-state index contributed by atoms with van der Waals surface area (Å²) in [5, 5.41) is 3.65. The van der Waals surface area contributed by atoms with E-state index >= 15 is 0 Å². The van der Waals surface area contributed by atoms with E-state index in [-0.39, 0.29) is 0 Å². The molecule has 2 aromatic rings. The zero-order valence-electron chi connectivity index (χ0n) is 11.4. The summed E-state index contributed by atoms with van der Waals surface area (Å²) in [6.45, 7) is 2.15. The van der Waals surface area contributed by atoms with Crippen LogP contribution in [0.4, 0.5) is 5.69 Å². The summed E-state index contributed by atoms with van der Waals surface area (Å²) in [6.07, 6.45) is 2.43. The van der Waals surface area contributed by atoms with E-state index in [0.29, 0.717) is 12.0 Å². The van der Waals surface area contributed by atoms with Crippen molar-refractivity contribution in [1.29, 1.82) is 0 Å². The highest BCUT2D eigenvalue weighted by molar-refractivity contribution is 14.1. The summed E-state index contributed by atoms with van der Waals surface area (Å²) < 4.78 is 2.57.